The van der Waals surface area contributed by atoms with Crippen LogP contribution in [-0.2, 0) is 16.1 Å². The molecule has 0 radical (unpaired) electrons. The molecule has 1 N–H and O–H groups in total. The third-order valence-electron chi connectivity index (χ3n) is 5.96. The third kappa shape index (κ3) is 2.96. The molecule has 1 spiro atoms. The molecule has 1 atom stereocenters. The molecule has 0 saturated carbocycles. The van der Waals surface area contributed by atoms with E-state index in [0.29, 0.717) is 6.04 Å². The van der Waals surface area contributed by atoms with Crippen LogP contribution in [0.3, 0.4) is 0 Å². The molecule has 24 heavy (non-hydrogen) atoms. The first-order valence-corrected chi connectivity index (χ1v) is 9.17. The van der Waals surface area contributed by atoms with Crippen molar-refractivity contribution in [2.24, 2.45) is 0 Å². The van der Waals surface area contributed by atoms with Gasteiger partial charge >= 0.3 is 0 Å². The molecule has 5 heteroatoms. The molecular formula is C19H27N3O2. The van der Waals surface area contributed by atoms with E-state index in [1.54, 1.807) is 0 Å². The highest BCUT2D eigenvalue weighted by atomic mass is 16.5. The summed E-state index contributed by atoms with van der Waals surface area (Å²) >= 11 is 0. The van der Waals surface area contributed by atoms with Gasteiger partial charge in [0.05, 0.1) is 6.61 Å². The maximum Gasteiger partial charge on any atom is 0.240 e. The Labute approximate surface area is 144 Å². The van der Waals surface area contributed by atoms with E-state index in [0.717, 1.165) is 65.2 Å². The van der Waals surface area contributed by atoms with Crippen LogP contribution in [0.2, 0.25) is 0 Å². The number of nitrogens with zero attached hydrogens (tertiary/aromatic N) is 2. The minimum absolute atomic E-state index is 0.229. The molecular weight excluding hydrogens is 302 g/mol. The lowest BCUT2D eigenvalue weighted by molar-refractivity contribution is -0.142. The van der Waals surface area contributed by atoms with Crippen molar-refractivity contribution in [3.8, 4) is 0 Å². The summed E-state index contributed by atoms with van der Waals surface area (Å²) in [5.74, 6) is 0.229. The topological polar surface area (TPSA) is 44.8 Å². The zero-order valence-electron chi connectivity index (χ0n) is 14.2. The van der Waals surface area contributed by atoms with Gasteiger partial charge in [-0.3, -0.25) is 14.6 Å². The van der Waals surface area contributed by atoms with E-state index in [1.807, 2.05) is 6.07 Å². The van der Waals surface area contributed by atoms with E-state index < -0.39 is 0 Å². The van der Waals surface area contributed by atoms with Crippen LogP contribution in [0.1, 0.15) is 24.8 Å². The summed E-state index contributed by atoms with van der Waals surface area (Å²) in [6, 6.07) is 11.1. The second kappa shape index (κ2) is 6.82. The Hall–Kier alpha value is -1.43. The van der Waals surface area contributed by atoms with Gasteiger partial charge in [-0.15, -0.1) is 0 Å². The Bertz CT molecular complexity index is 563. The number of likely N-dealkylation sites (tertiary alicyclic amines) is 1. The Morgan fingerprint density at radius 2 is 1.96 bits per heavy atom. The Morgan fingerprint density at radius 3 is 2.67 bits per heavy atom. The number of nitrogens with one attached hydrogen (secondary N) is 1. The average Bonchev–Trinajstić information content (AvgIpc) is 3.15. The summed E-state index contributed by atoms with van der Waals surface area (Å²) in [5.41, 5.74) is 0.961. The summed E-state index contributed by atoms with van der Waals surface area (Å²) in [7, 11) is 0. The van der Waals surface area contributed by atoms with Gasteiger partial charge in [0.2, 0.25) is 5.91 Å². The van der Waals surface area contributed by atoms with Crippen LogP contribution in [0, 0.1) is 0 Å². The van der Waals surface area contributed by atoms with Crippen molar-refractivity contribution in [2.45, 2.75) is 37.4 Å². The van der Waals surface area contributed by atoms with Crippen LogP contribution >= 0.6 is 0 Å². The summed E-state index contributed by atoms with van der Waals surface area (Å²) in [4.78, 5) is 17.8. The fourth-order valence-corrected chi connectivity index (χ4v) is 4.47. The van der Waals surface area contributed by atoms with E-state index in [2.05, 4.69) is 39.4 Å². The summed E-state index contributed by atoms with van der Waals surface area (Å²) in [6.45, 7) is 6.28. The number of piperidine rings is 1. The van der Waals surface area contributed by atoms with E-state index >= 15 is 0 Å². The van der Waals surface area contributed by atoms with Crippen molar-refractivity contribution in [1.29, 1.82) is 0 Å². The Balaban J connectivity index is 1.48. The molecule has 4 rings (SSSR count). The number of amides is 1. The summed E-state index contributed by atoms with van der Waals surface area (Å²) in [6.07, 6.45) is 2.97. The van der Waals surface area contributed by atoms with Gasteiger partial charge in [-0.2, -0.15) is 0 Å². The zero-order valence-corrected chi connectivity index (χ0v) is 14.2. The fraction of sp³-hybridized carbons (Fsp3) is 0.632. The Kier molecular flexibility index (Phi) is 4.57. The molecule has 3 heterocycles. The molecule has 3 saturated heterocycles. The standard InChI is InChI=1S/C19H27N3O2/c23-18-19(7-10-21(11-8-19)17-6-13-24-15-17)22(12-9-20-18)14-16-4-2-1-3-5-16/h1-5,17H,6-15H2,(H,20,23)/t17-/m1/s1. The van der Waals surface area contributed by atoms with Gasteiger partial charge < -0.3 is 10.1 Å². The molecule has 3 fully saturated rings. The molecule has 1 aromatic carbocycles. The number of piperazine rings is 1. The first-order valence-electron chi connectivity index (χ1n) is 9.17. The fourth-order valence-electron chi connectivity index (χ4n) is 4.47. The summed E-state index contributed by atoms with van der Waals surface area (Å²) in [5, 5.41) is 3.12. The van der Waals surface area contributed by atoms with E-state index in [-0.39, 0.29) is 11.4 Å². The van der Waals surface area contributed by atoms with E-state index in [4.69, 9.17) is 4.74 Å². The van der Waals surface area contributed by atoms with E-state index in [1.165, 1.54) is 5.56 Å². The van der Waals surface area contributed by atoms with Crippen molar-refractivity contribution in [1.82, 2.24) is 15.1 Å². The number of carbonyl (C=O) groups excluding carboxylic acids is 1. The molecule has 5 nitrogen and oxygen atoms in total. The monoisotopic (exact) mass is 329 g/mol. The molecule has 3 aliphatic heterocycles. The zero-order chi connectivity index (χ0) is 16.4. The maximum atomic E-state index is 12.8. The minimum atomic E-state index is -0.329. The third-order valence-corrected chi connectivity index (χ3v) is 5.96. The molecule has 0 unspecified atom stereocenters. The molecule has 0 aliphatic carbocycles. The number of benzene rings is 1. The van der Waals surface area contributed by atoms with Crippen LogP contribution in [0.25, 0.3) is 0 Å². The van der Waals surface area contributed by atoms with Gasteiger partial charge in [0, 0.05) is 45.4 Å². The Morgan fingerprint density at radius 1 is 1.17 bits per heavy atom. The van der Waals surface area contributed by atoms with Gasteiger partial charge in [-0.05, 0) is 24.8 Å². The van der Waals surface area contributed by atoms with Crippen LogP contribution in [0.15, 0.2) is 30.3 Å². The van der Waals surface area contributed by atoms with E-state index in [9.17, 15) is 4.79 Å². The summed E-state index contributed by atoms with van der Waals surface area (Å²) < 4.78 is 5.54. The number of hydrogen-bond donors (Lipinski definition) is 1. The average molecular weight is 329 g/mol. The number of carbonyl (C=O) groups is 1. The van der Waals surface area contributed by atoms with Gasteiger partial charge in [0.15, 0.2) is 0 Å². The highest BCUT2D eigenvalue weighted by molar-refractivity contribution is 5.87. The molecule has 1 aromatic rings. The number of hydrogen-bond acceptors (Lipinski definition) is 4. The normalized spacial score (nSPS) is 28.2. The van der Waals surface area contributed by atoms with Crippen LogP contribution in [0.4, 0.5) is 0 Å². The maximum absolute atomic E-state index is 12.8. The number of ether oxygens (including phenoxy) is 1. The largest absolute Gasteiger partial charge is 0.380 e. The highest BCUT2D eigenvalue weighted by Gasteiger charge is 2.48. The van der Waals surface area contributed by atoms with Gasteiger partial charge in [0.25, 0.3) is 0 Å². The SMILES string of the molecule is O=C1NCCN(Cc2ccccc2)C12CCN([C@@H]1CCOC1)CC2. The molecule has 3 aliphatic rings. The first-order chi connectivity index (χ1) is 11.8. The minimum Gasteiger partial charge on any atom is -0.380 e. The van der Waals surface area contributed by atoms with Crippen molar-refractivity contribution >= 4 is 5.91 Å². The smallest absolute Gasteiger partial charge is 0.240 e. The van der Waals surface area contributed by atoms with Crippen LogP contribution in [0.5, 0.6) is 0 Å². The predicted molar refractivity (Wildman–Crippen MR) is 92.6 cm³/mol. The predicted octanol–water partition coefficient (Wildman–Crippen LogP) is 1.24. The first kappa shape index (κ1) is 16.1. The van der Waals surface area contributed by atoms with Gasteiger partial charge in [-0.25, -0.2) is 0 Å². The quantitative estimate of drug-likeness (QED) is 0.906. The second-order valence-corrected chi connectivity index (χ2v) is 7.25. The van der Waals surface area contributed by atoms with Crippen molar-refractivity contribution < 1.29 is 9.53 Å². The highest BCUT2D eigenvalue weighted by Crippen LogP contribution is 2.34. The lowest BCUT2D eigenvalue weighted by Gasteiger charge is -2.50. The molecule has 130 valence electrons. The second-order valence-electron chi connectivity index (χ2n) is 7.25. The lowest BCUT2D eigenvalue weighted by Crippen LogP contribution is -2.68. The van der Waals surface area contributed by atoms with Crippen molar-refractivity contribution in [3.63, 3.8) is 0 Å². The lowest BCUT2D eigenvalue weighted by atomic mass is 9.82. The molecule has 1 amide bonds. The molecule has 0 bridgehead atoms. The number of rotatable bonds is 3. The van der Waals surface area contributed by atoms with Gasteiger partial charge in [-0.1, -0.05) is 30.3 Å². The van der Waals surface area contributed by atoms with Crippen LogP contribution < -0.4 is 5.32 Å². The molecule has 0 aromatic heterocycles. The van der Waals surface area contributed by atoms with Gasteiger partial charge in [0.1, 0.15) is 5.54 Å². The van der Waals surface area contributed by atoms with Crippen LogP contribution in [-0.4, -0.2) is 66.7 Å². The van der Waals surface area contributed by atoms with Crippen molar-refractivity contribution in [3.05, 3.63) is 35.9 Å². The van der Waals surface area contributed by atoms with Crippen molar-refractivity contribution in [2.75, 3.05) is 39.4 Å².